The number of fused-ring (bicyclic) bond motifs is 1. The average Bonchev–Trinajstić information content (AvgIpc) is 2.72. The van der Waals surface area contributed by atoms with Crippen molar-refractivity contribution < 1.29 is 14.3 Å². The molecule has 5 nitrogen and oxygen atoms in total. The summed E-state index contributed by atoms with van der Waals surface area (Å²) in [5.74, 6) is -0.949. The molecule has 0 radical (unpaired) electrons. The number of nitrogens with zero attached hydrogens (tertiary/aromatic N) is 1. The van der Waals surface area contributed by atoms with Gasteiger partial charge in [-0.25, -0.2) is 9.59 Å². The fourth-order valence-electron chi connectivity index (χ4n) is 3.87. The number of benzene rings is 2. The highest BCUT2D eigenvalue weighted by Gasteiger charge is 2.12. The summed E-state index contributed by atoms with van der Waals surface area (Å²) in [6.07, 6.45) is 5.65. The number of carboxylic acids is 1. The Labute approximate surface area is 182 Å². The molecule has 3 aromatic rings. The third kappa shape index (κ3) is 4.88. The first kappa shape index (κ1) is 22.3. The van der Waals surface area contributed by atoms with E-state index >= 15 is 0 Å². The molecule has 0 aliphatic rings. The number of rotatable bonds is 8. The molecule has 3 rings (SSSR count). The Morgan fingerprint density at radius 1 is 1.03 bits per heavy atom. The lowest BCUT2D eigenvalue weighted by Gasteiger charge is -2.24. The largest absolute Gasteiger partial charge is 0.478 e. The van der Waals surface area contributed by atoms with Gasteiger partial charge < -0.3 is 14.4 Å². The first-order valence-electron chi connectivity index (χ1n) is 10.7. The highest BCUT2D eigenvalue weighted by Crippen LogP contribution is 2.26. The van der Waals surface area contributed by atoms with Crippen molar-refractivity contribution in [3.8, 4) is 0 Å². The molecule has 5 heteroatoms. The molecule has 0 saturated heterocycles. The first-order chi connectivity index (χ1) is 14.8. The van der Waals surface area contributed by atoms with Gasteiger partial charge in [-0.05, 0) is 67.7 Å². The van der Waals surface area contributed by atoms with Gasteiger partial charge >= 0.3 is 11.6 Å². The molecule has 0 fully saturated rings. The molecule has 1 aromatic heterocycles. The number of carboxylic acid groups (broad SMARTS) is 1. The number of carbonyl (C=O) groups is 1. The molecule has 31 heavy (non-hydrogen) atoms. The van der Waals surface area contributed by atoms with Crippen LogP contribution in [0.25, 0.3) is 23.1 Å². The Morgan fingerprint density at radius 3 is 2.35 bits per heavy atom. The quantitative estimate of drug-likeness (QED) is 0.460. The van der Waals surface area contributed by atoms with Crippen LogP contribution < -0.4 is 10.5 Å². The van der Waals surface area contributed by atoms with Crippen molar-refractivity contribution in [1.82, 2.24) is 0 Å². The van der Waals surface area contributed by atoms with Crippen molar-refractivity contribution in [2.45, 2.75) is 40.5 Å². The van der Waals surface area contributed by atoms with Crippen molar-refractivity contribution >= 4 is 34.8 Å². The minimum absolute atomic E-state index is 0.273. The molecule has 0 spiro atoms. The highest BCUT2D eigenvalue weighted by molar-refractivity contribution is 5.90. The van der Waals surface area contributed by atoms with Gasteiger partial charge in [-0.3, -0.25) is 0 Å². The Balaban J connectivity index is 1.98. The Hall–Kier alpha value is -3.34. The molecule has 0 bridgehead atoms. The fraction of sp³-hybridized carbons (Fsp3) is 0.308. The molecule has 162 valence electrons. The lowest BCUT2D eigenvalue weighted by molar-refractivity contribution is 0.0696. The van der Waals surface area contributed by atoms with Gasteiger partial charge in [-0.15, -0.1) is 0 Å². The van der Waals surface area contributed by atoms with E-state index in [1.807, 2.05) is 25.1 Å². The van der Waals surface area contributed by atoms with Gasteiger partial charge in [0.1, 0.15) is 5.58 Å². The lowest BCUT2D eigenvalue weighted by Crippen LogP contribution is -2.24. The molecule has 2 aromatic carbocycles. The van der Waals surface area contributed by atoms with Crippen molar-refractivity contribution in [2.75, 3.05) is 18.0 Å². The van der Waals surface area contributed by atoms with Gasteiger partial charge in [-0.1, -0.05) is 32.1 Å². The molecule has 0 aliphatic heterocycles. The Bertz CT molecular complexity index is 1180. The van der Waals surface area contributed by atoms with E-state index in [1.165, 1.54) is 0 Å². The maximum Gasteiger partial charge on any atom is 0.343 e. The van der Waals surface area contributed by atoms with Gasteiger partial charge in [0.25, 0.3) is 0 Å². The summed E-state index contributed by atoms with van der Waals surface area (Å²) in [6.45, 7) is 9.92. The molecule has 0 aliphatic carbocycles. The smallest absolute Gasteiger partial charge is 0.343 e. The maximum absolute atomic E-state index is 12.7. The van der Waals surface area contributed by atoms with Crippen LogP contribution in [0.15, 0.2) is 45.6 Å². The van der Waals surface area contributed by atoms with E-state index in [4.69, 9.17) is 4.42 Å². The molecule has 0 unspecified atom stereocenters. The first-order valence-corrected chi connectivity index (χ1v) is 10.7. The van der Waals surface area contributed by atoms with Crippen LogP contribution in [-0.2, 0) is 0 Å². The molecule has 1 heterocycles. The Kier molecular flexibility index (Phi) is 6.95. The number of hydrogen-bond acceptors (Lipinski definition) is 4. The van der Waals surface area contributed by atoms with Crippen molar-refractivity contribution in [3.63, 3.8) is 0 Å². The number of aromatic carboxylic acids is 1. The normalized spacial score (nSPS) is 11.4. The van der Waals surface area contributed by atoms with Gasteiger partial charge in [0.15, 0.2) is 0 Å². The topological polar surface area (TPSA) is 70.8 Å². The summed E-state index contributed by atoms with van der Waals surface area (Å²) < 4.78 is 5.67. The van der Waals surface area contributed by atoms with Crippen molar-refractivity contribution in [1.29, 1.82) is 0 Å². The zero-order chi connectivity index (χ0) is 22.5. The van der Waals surface area contributed by atoms with E-state index in [9.17, 15) is 14.7 Å². The molecule has 1 N–H and O–H groups in total. The van der Waals surface area contributed by atoms with Crippen LogP contribution in [0.5, 0.6) is 0 Å². The van der Waals surface area contributed by atoms with Gasteiger partial charge in [-0.2, -0.15) is 0 Å². The van der Waals surface area contributed by atoms with Gasteiger partial charge in [0, 0.05) is 30.2 Å². The molecule has 0 amide bonds. The number of hydrogen-bond donors (Lipinski definition) is 1. The predicted octanol–water partition coefficient (Wildman–Crippen LogP) is 5.90. The highest BCUT2D eigenvalue weighted by atomic mass is 16.4. The van der Waals surface area contributed by atoms with Gasteiger partial charge in [0.05, 0.1) is 11.1 Å². The van der Waals surface area contributed by atoms with E-state index in [0.717, 1.165) is 48.1 Å². The third-order valence-electron chi connectivity index (χ3n) is 5.47. The van der Waals surface area contributed by atoms with Crippen LogP contribution in [-0.4, -0.2) is 24.2 Å². The summed E-state index contributed by atoms with van der Waals surface area (Å²) in [5, 5.41) is 10.1. The maximum atomic E-state index is 12.7. The second-order valence-electron chi connectivity index (χ2n) is 7.81. The lowest BCUT2D eigenvalue weighted by atomic mass is 10.0. The summed E-state index contributed by atoms with van der Waals surface area (Å²) in [5.41, 5.74) is 4.42. The predicted molar refractivity (Wildman–Crippen MR) is 127 cm³/mol. The van der Waals surface area contributed by atoms with E-state index < -0.39 is 5.97 Å². The van der Waals surface area contributed by atoms with Crippen LogP contribution in [0.1, 0.15) is 59.3 Å². The monoisotopic (exact) mass is 419 g/mol. The third-order valence-corrected chi connectivity index (χ3v) is 5.47. The van der Waals surface area contributed by atoms with Crippen molar-refractivity contribution in [3.05, 3.63) is 74.6 Å². The molecular weight excluding hydrogens is 390 g/mol. The Morgan fingerprint density at radius 2 is 1.74 bits per heavy atom. The fourth-order valence-corrected chi connectivity index (χ4v) is 3.87. The van der Waals surface area contributed by atoms with Crippen LogP contribution in [0, 0.1) is 13.8 Å². The second-order valence-corrected chi connectivity index (χ2v) is 7.81. The minimum Gasteiger partial charge on any atom is -0.478 e. The van der Waals surface area contributed by atoms with E-state index in [0.29, 0.717) is 16.7 Å². The van der Waals surface area contributed by atoms with Crippen LogP contribution >= 0.6 is 0 Å². The van der Waals surface area contributed by atoms with Crippen LogP contribution in [0.3, 0.4) is 0 Å². The van der Waals surface area contributed by atoms with Crippen LogP contribution in [0.2, 0.25) is 0 Å². The zero-order valence-electron chi connectivity index (χ0n) is 18.6. The molecular formula is C26H29NO4. The second kappa shape index (κ2) is 9.65. The number of aryl methyl sites for hydroxylation is 2. The number of anilines is 1. The zero-order valence-corrected chi connectivity index (χ0v) is 18.6. The standard InChI is InChI=1S/C26H29NO4/c1-5-13-27(14-6-2)20-9-12-22-18(4)23(26(30)31-24(22)16-20)11-8-19-7-10-21(25(28)29)17(3)15-19/h7-12,15-16H,5-6,13-14H2,1-4H3,(H,28,29)/b11-8+. The minimum atomic E-state index is -0.949. The summed E-state index contributed by atoms with van der Waals surface area (Å²) >= 11 is 0. The van der Waals surface area contributed by atoms with E-state index in [2.05, 4.69) is 24.8 Å². The molecule has 0 atom stereocenters. The van der Waals surface area contributed by atoms with E-state index in [-0.39, 0.29) is 11.2 Å². The van der Waals surface area contributed by atoms with Crippen molar-refractivity contribution in [2.24, 2.45) is 0 Å². The van der Waals surface area contributed by atoms with E-state index in [1.54, 1.807) is 31.2 Å². The summed E-state index contributed by atoms with van der Waals surface area (Å²) in [6, 6.07) is 11.2. The summed E-state index contributed by atoms with van der Waals surface area (Å²) in [7, 11) is 0. The van der Waals surface area contributed by atoms with Crippen LogP contribution in [0.4, 0.5) is 5.69 Å². The average molecular weight is 420 g/mol. The SMILES string of the molecule is CCCN(CCC)c1ccc2c(C)c(/C=C/c3ccc(C(=O)O)c(C)c3)c(=O)oc2c1. The molecule has 0 saturated carbocycles. The summed E-state index contributed by atoms with van der Waals surface area (Å²) in [4.78, 5) is 26.2. The van der Waals surface area contributed by atoms with Gasteiger partial charge in [0.2, 0.25) is 0 Å².